The van der Waals surface area contributed by atoms with Crippen molar-refractivity contribution in [3.05, 3.63) is 35.5 Å². The van der Waals surface area contributed by atoms with E-state index in [0.717, 1.165) is 0 Å². The van der Waals surface area contributed by atoms with Gasteiger partial charge in [-0.05, 0) is 41.5 Å². The fourth-order valence-corrected chi connectivity index (χ4v) is 0.882. The van der Waals surface area contributed by atoms with Crippen LogP contribution < -0.4 is 0 Å². The summed E-state index contributed by atoms with van der Waals surface area (Å²) in [7, 11) is 0. The van der Waals surface area contributed by atoms with Gasteiger partial charge in [0, 0.05) is 60.0 Å². The Bertz CT molecular complexity index is 368. The van der Waals surface area contributed by atoms with E-state index in [0.29, 0.717) is 0 Å². The fraction of sp³-hybridized carbons (Fsp3) is 0.400. The second-order valence-electron chi connectivity index (χ2n) is 4.19. The Labute approximate surface area is 165 Å². The molecule has 6 nitrogen and oxygen atoms in total. The minimum absolute atomic E-state index is 0. The van der Waals surface area contributed by atoms with Gasteiger partial charge in [0.25, 0.3) is 0 Å². The van der Waals surface area contributed by atoms with Crippen LogP contribution in [-0.2, 0) is 14.4 Å². The average molecular weight is 440 g/mol. The normalized spacial score (nSPS) is 10.9. The Balaban J connectivity index is -0.000000108. The number of carbonyl (C=O) groups is 3. The van der Waals surface area contributed by atoms with E-state index in [-0.39, 0.29) is 76.4 Å². The molecule has 0 aromatic rings. The molecule has 0 unspecified atom stereocenters. The third kappa shape index (κ3) is 50.9. The van der Waals surface area contributed by atoms with Gasteiger partial charge in [-0.1, -0.05) is 0 Å². The Hall–Kier alpha value is -0.993. The minimum atomic E-state index is -0.125. The molecule has 0 spiro atoms. The van der Waals surface area contributed by atoms with Gasteiger partial charge in [-0.2, -0.15) is 0 Å². The minimum Gasteiger partial charge on any atom is -0.512 e. The van der Waals surface area contributed by atoms with Crippen molar-refractivity contribution in [3.8, 4) is 0 Å². The maximum atomic E-state index is 10.0. The molecule has 0 aliphatic rings. The predicted octanol–water partition coefficient (Wildman–Crippen LogP) is 3.11. The zero-order valence-electron chi connectivity index (χ0n) is 13.8. The maximum Gasteiger partial charge on any atom is 0.155 e. The number of ketones is 3. The zero-order valence-corrected chi connectivity index (χ0v) is 16.9. The number of hydrogen-bond acceptors (Lipinski definition) is 6. The van der Waals surface area contributed by atoms with Gasteiger partial charge < -0.3 is 15.3 Å². The van der Waals surface area contributed by atoms with Crippen LogP contribution in [0.4, 0.5) is 0 Å². The molecule has 0 aromatic carbocycles. The Morgan fingerprint density at radius 2 is 0.682 bits per heavy atom. The number of aliphatic hydroxyl groups excluding tert-OH is 3. The molecule has 0 radical (unpaired) electrons. The van der Waals surface area contributed by atoms with Crippen molar-refractivity contribution in [1.82, 2.24) is 0 Å². The standard InChI is InChI=1S/3C5H8O2.Ce/c3*1-4(6)3-5(2)7;/h3*3,6H,1-2H3;/b2*4-3+;4-3-;. The van der Waals surface area contributed by atoms with E-state index < -0.39 is 0 Å². The van der Waals surface area contributed by atoms with E-state index in [1.807, 2.05) is 0 Å². The first-order valence-electron chi connectivity index (χ1n) is 6.02. The van der Waals surface area contributed by atoms with E-state index in [1.165, 1.54) is 59.8 Å². The molecule has 0 bridgehead atoms. The summed E-state index contributed by atoms with van der Waals surface area (Å²) < 4.78 is 0. The molecule has 0 aliphatic heterocycles. The number of hydrogen-bond donors (Lipinski definition) is 3. The molecule has 0 atom stereocenters. The zero-order chi connectivity index (χ0) is 17.6. The molecule has 0 aliphatic carbocycles. The fourth-order valence-electron chi connectivity index (χ4n) is 0.882. The molecular weight excluding hydrogens is 416 g/mol. The van der Waals surface area contributed by atoms with Gasteiger partial charge in [-0.25, -0.2) is 0 Å². The molecule has 124 valence electrons. The monoisotopic (exact) mass is 440 g/mol. The Morgan fingerprint density at radius 1 is 0.545 bits per heavy atom. The van der Waals surface area contributed by atoms with E-state index in [1.54, 1.807) is 0 Å². The van der Waals surface area contributed by atoms with Gasteiger partial charge >= 0.3 is 0 Å². The molecule has 0 amide bonds. The van der Waals surface area contributed by atoms with E-state index in [4.69, 9.17) is 15.3 Å². The van der Waals surface area contributed by atoms with Crippen LogP contribution in [0.5, 0.6) is 0 Å². The van der Waals surface area contributed by atoms with Crippen LogP contribution in [0.15, 0.2) is 35.5 Å². The first-order chi connectivity index (χ1) is 9.38. The molecule has 0 saturated heterocycles. The van der Waals surface area contributed by atoms with Gasteiger partial charge in [-0.3, -0.25) is 14.4 Å². The third-order valence-electron chi connectivity index (χ3n) is 1.24. The predicted molar refractivity (Wildman–Crippen MR) is 81.2 cm³/mol. The van der Waals surface area contributed by atoms with E-state index >= 15 is 0 Å². The van der Waals surface area contributed by atoms with Gasteiger partial charge in [-0.15, -0.1) is 0 Å². The molecule has 0 heterocycles. The number of aliphatic hydroxyl groups is 3. The smallest absolute Gasteiger partial charge is 0.155 e. The van der Waals surface area contributed by atoms with E-state index in [2.05, 4.69) is 0 Å². The second kappa shape index (κ2) is 18.1. The van der Waals surface area contributed by atoms with Crippen molar-refractivity contribution in [2.24, 2.45) is 0 Å². The molecule has 0 aromatic heterocycles. The van der Waals surface area contributed by atoms with Crippen LogP contribution >= 0.6 is 0 Å². The van der Waals surface area contributed by atoms with Crippen molar-refractivity contribution in [2.45, 2.75) is 41.5 Å². The molecule has 0 saturated carbocycles. The van der Waals surface area contributed by atoms with Crippen LogP contribution in [0.3, 0.4) is 0 Å². The van der Waals surface area contributed by atoms with Crippen LogP contribution in [0.2, 0.25) is 0 Å². The summed E-state index contributed by atoms with van der Waals surface area (Å²) >= 11 is 0. The van der Waals surface area contributed by atoms with Crippen LogP contribution in [0.1, 0.15) is 41.5 Å². The van der Waals surface area contributed by atoms with Crippen molar-refractivity contribution in [3.63, 3.8) is 0 Å². The van der Waals surface area contributed by atoms with Crippen molar-refractivity contribution >= 4 is 17.3 Å². The van der Waals surface area contributed by atoms with Gasteiger partial charge in [0.05, 0.1) is 17.3 Å². The van der Waals surface area contributed by atoms with Crippen molar-refractivity contribution < 1.29 is 71.5 Å². The second-order valence-corrected chi connectivity index (χ2v) is 4.19. The summed E-state index contributed by atoms with van der Waals surface area (Å²) in [5.41, 5.74) is 0. The third-order valence-corrected chi connectivity index (χ3v) is 1.24. The quantitative estimate of drug-likeness (QED) is 0.459. The van der Waals surface area contributed by atoms with Crippen LogP contribution in [-0.4, -0.2) is 32.7 Å². The maximum absolute atomic E-state index is 10.0. The summed E-state index contributed by atoms with van der Waals surface area (Å²) in [6.07, 6.45) is 3.50. The first kappa shape index (κ1) is 29.1. The Morgan fingerprint density at radius 3 is 0.682 bits per heavy atom. The number of carbonyl (C=O) groups excluding carboxylic acids is 3. The van der Waals surface area contributed by atoms with Gasteiger partial charge in [0.2, 0.25) is 0 Å². The number of rotatable bonds is 3. The van der Waals surface area contributed by atoms with E-state index in [9.17, 15) is 14.4 Å². The summed E-state index contributed by atoms with van der Waals surface area (Å²) in [6, 6.07) is 0. The summed E-state index contributed by atoms with van der Waals surface area (Å²) in [6.45, 7) is 8.54. The SMILES string of the molecule is CC(=O)/C=C(/C)O.CC(=O)/C=C(\C)O.CC(=O)/C=C(\C)O.[Ce]. The van der Waals surface area contributed by atoms with Crippen molar-refractivity contribution in [2.75, 3.05) is 0 Å². The molecule has 0 rings (SSSR count). The van der Waals surface area contributed by atoms with Crippen LogP contribution in [0, 0.1) is 41.7 Å². The molecule has 7 heteroatoms. The molecule has 0 fully saturated rings. The summed E-state index contributed by atoms with van der Waals surface area (Å²) in [5.74, 6) is -0.187. The molecule has 22 heavy (non-hydrogen) atoms. The number of allylic oxidation sites excluding steroid dienone is 6. The van der Waals surface area contributed by atoms with Crippen LogP contribution in [0.25, 0.3) is 0 Å². The average Bonchev–Trinajstić information content (AvgIpc) is 2.10. The van der Waals surface area contributed by atoms with Gasteiger partial charge in [0.15, 0.2) is 17.3 Å². The van der Waals surface area contributed by atoms with Crippen molar-refractivity contribution in [1.29, 1.82) is 0 Å². The molecule has 3 N–H and O–H groups in total. The van der Waals surface area contributed by atoms with Gasteiger partial charge in [0.1, 0.15) is 0 Å². The summed E-state index contributed by atoms with van der Waals surface area (Å²) in [4.78, 5) is 30.1. The summed E-state index contributed by atoms with van der Waals surface area (Å²) in [5, 5.41) is 25.1. The largest absolute Gasteiger partial charge is 0.512 e. The Kier molecular flexibility index (Phi) is 23.9. The first-order valence-corrected chi connectivity index (χ1v) is 6.02. The molecular formula is C15H24CeO6. The topological polar surface area (TPSA) is 112 Å².